The number of thioether (sulfide) groups is 1. The molecule has 6 heteroatoms. The summed E-state index contributed by atoms with van der Waals surface area (Å²) in [4.78, 5) is 15.0. The molecule has 1 aromatic heterocycles. The molecule has 1 atom stereocenters. The molecule has 0 saturated carbocycles. The zero-order chi connectivity index (χ0) is 13.8. The molecule has 0 bridgehead atoms. The Bertz CT molecular complexity index is 585. The molecule has 2 rings (SSSR count). The van der Waals surface area contributed by atoms with Gasteiger partial charge in [-0.05, 0) is 25.1 Å². The van der Waals surface area contributed by atoms with Crippen molar-refractivity contribution in [1.82, 2.24) is 4.98 Å². The summed E-state index contributed by atoms with van der Waals surface area (Å²) in [5.74, 6) is 0.155. The van der Waals surface area contributed by atoms with E-state index < -0.39 is 11.2 Å². The molecule has 0 amide bonds. The molecule has 0 aliphatic rings. The Morgan fingerprint density at radius 1 is 1.58 bits per heavy atom. The molecule has 1 N–H and O–H groups in total. The molecule has 0 aliphatic carbocycles. The Balaban J connectivity index is 2.05. The zero-order valence-corrected chi connectivity index (χ0v) is 11.7. The SMILES string of the molecule is CC(SCc1coc(-c2cccc(Cl)c2)n1)C(=O)O. The smallest absolute Gasteiger partial charge is 0.316 e. The predicted molar refractivity (Wildman–Crippen MR) is 75.3 cm³/mol. The van der Waals surface area contributed by atoms with Gasteiger partial charge in [-0.25, -0.2) is 4.98 Å². The van der Waals surface area contributed by atoms with Crippen molar-refractivity contribution in [3.8, 4) is 11.5 Å². The number of hydrogen-bond acceptors (Lipinski definition) is 4. The van der Waals surface area contributed by atoms with E-state index in [2.05, 4.69) is 4.98 Å². The van der Waals surface area contributed by atoms with Crippen molar-refractivity contribution in [1.29, 1.82) is 0 Å². The Morgan fingerprint density at radius 3 is 3.05 bits per heavy atom. The Hall–Kier alpha value is -1.46. The first-order valence-corrected chi connectivity index (χ1v) is 7.03. The number of carboxylic acid groups (broad SMARTS) is 1. The van der Waals surface area contributed by atoms with Crippen molar-refractivity contribution in [2.45, 2.75) is 17.9 Å². The molecular formula is C13H12ClNO3S. The van der Waals surface area contributed by atoms with Crippen LogP contribution in [0, 0.1) is 0 Å². The summed E-state index contributed by atoms with van der Waals surface area (Å²) in [6.45, 7) is 1.64. The normalized spacial score (nSPS) is 12.3. The molecule has 0 spiro atoms. The van der Waals surface area contributed by atoms with Gasteiger partial charge in [0.2, 0.25) is 5.89 Å². The van der Waals surface area contributed by atoms with Gasteiger partial charge in [0, 0.05) is 16.3 Å². The third-order valence-corrected chi connectivity index (χ3v) is 3.85. The molecule has 0 fully saturated rings. The van der Waals surface area contributed by atoms with Gasteiger partial charge < -0.3 is 9.52 Å². The quantitative estimate of drug-likeness (QED) is 0.911. The highest BCUT2D eigenvalue weighted by atomic mass is 35.5. The summed E-state index contributed by atoms with van der Waals surface area (Å²) >= 11 is 7.20. The number of oxazole rings is 1. The van der Waals surface area contributed by atoms with Gasteiger partial charge in [-0.3, -0.25) is 4.79 Å². The highest BCUT2D eigenvalue weighted by molar-refractivity contribution is 7.99. The van der Waals surface area contributed by atoms with Crippen LogP contribution in [0.1, 0.15) is 12.6 Å². The Morgan fingerprint density at radius 2 is 2.37 bits per heavy atom. The van der Waals surface area contributed by atoms with Crippen molar-refractivity contribution in [3.05, 3.63) is 41.2 Å². The molecule has 0 radical (unpaired) electrons. The van der Waals surface area contributed by atoms with Gasteiger partial charge in [-0.2, -0.15) is 0 Å². The minimum Gasteiger partial charge on any atom is -0.480 e. The van der Waals surface area contributed by atoms with Gasteiger partial charge >= 0.3 is 5.97 Å². The highest BCUT2D eigenvalue weighted by Gasteiger charge is 2.13. The van der Waals surface area contributed by atoms with Gasteiger partial charge in [0.1, 0.15) is 6.26 Å². The maximum absolute atomic E-state index is 10.7. The Kier molecular flexibility index (Phi) is 4.50. The number of carbonyl (C=O) groups is 1. The lowest BCUT2D eigenvalue weighted by Crippen LogP contribution is -2.11. The molecule has 19 heavy (non-hydrogen) atoms. The van der Waals surface area contributed by atoms with Crippen LogP contribution in [0.4, 0.5) is 0 Å². The van der Waals surface area contributed by atoms with Crippen molar-refractivity contribution < 1.29 is 14.3 Å². The Labute approximate surface area is 119 Å². The van der Waals surface area contributed by atoms with E-state index in [4.69, 9.17) is 21.1 Å². The van der Waals surface area contributed by atoms with Crippen LogP contribution in [0.2, 0.25) is 5.02 Å². The summed E-state index contributed by atoms with van der Waals surface area (Å²) in [6.07, 6.45) is 1.54. The number of aromatic nitrogens is 1. The summed E-state index contributed by atoms with van der Waals surface area (Å²) in [7, 11) is 0. The van der Waals surface area contributed by atoms with E-state index in [1.165, 1.54) is 18.0 Å². The average Bonchev–Trinajstić information content (AvgIpc) is 2.84. The van der Waals surface area contributed by atoms with Crippen molar-refractivity contribution >= 4 is 29.3 Å². The van der Waals surface area contributed by atoms with E-state index in [1.807, 2.05) is 12.1 Å². The van der Waals surface area contributed by atoms with Crippen LogP contribution in [-0.2, 0) is 10.5 Å². The molecule has 1 aromatic carbocycles. The standard InChI is InChI=1S/C13H12ClNO3S/c1-8(13(16)17)19-7-11-6-18-12(15-11)9-3-2-4-10(14)5-9/h2-6,8H,7H2,1H3,(H,16,17). The van der Waals surface area contributed by atoms with Crippen LogP contribution in [0.25, 0.3) is 11.5 Å². The van der Waals surface area contributed by atoms with E-state index in [9.17, 15) is 4.79 Å². The number of aliphatic carboxylic acids is 1. The van der Waals surface area contributed by atoms with Crippen LogP contribution in [-0.4, -0.2) is 21.3 Å². The van der Waals surface area contributed by atoms with Crippen LogP contribution in [0.15, 0.2) is 34.9 Å². The minimum absolute atomic E-state index is 0.466. The number of nitrogens with zero attached hydrogens (tertiary/aromatic N) is 1. The average molecular weight is 298 g/mol. The first kappa shape index (κ1) is 14.0. The first-order valence-electron chi connectivity index (χ1n) is 5.61. The molecule has 100 valence electrons. The fourth-order valence-corrected chi connectivity index (χ4v) is 2.30. The largest absolute Gasteiger partial charge is 0.480 e. The highest BCUT2D eigenvalue weighted by Crippen LogP contribution is 2.24. The van der Waals surface area contributed by atoms with Crippen molar-refractivity contribution in [3.63, 3.8) is 0 Å². The third-order valence-electron chi connectivity index (χ3n) is 2.45. The zero-order valence-electron chi connectivity index (χ0n) is 10.2. The molecule has 1 unspecified atom stereocenters. The van der Waals surface area contributed by atoms with Gasteiger partial charge in [0.05, 0.1) is 10.9 Å². The second-order valence-electron chi connectivity index (χ2n) is 3.95. The summed E-state index contributed by atoms with van der Waals surface area (Å²) < 4.78 is 5.37. The monoisotopic (exact) mass is 297 g/mol. The van der Waals surface area contributed by atoms with Gasteiger partial charge in [0.25, 0.3) is 0 Å². The number of carboxylic acids is 1. The molecule has 0 saturated heterocycles. The van der Waals surface area contributed by atoms with E-state index >= 15 is 0 Å². The summed E-state index contributed by atoms with van der Waals surface area (Å²) in [5.41, 5.74) is 1.52. The second kappa shape index (κ2) is 6.12. The molecule has 0 aliphatic heterocycles. The number of hydrogen-bond donors (Lipinski definition) is 1. The van der Waals surface area contributed by atoms with Crippen molar-refractivity contribution in [2.24, 2.45) is 0 Å². The van der Waals surface area contributed by atoms with Crippen LogP contribution in [0.5, 0.6) is 0 Å². The molecule has 4 nitrogen and oxygen atoms in total. The topological polar surface area (TPSA) is 63.3 Å². The van der Waals surface area contributed by atoms with Crippen LogP contribution < -0.4 is 0 Å². The first-order chi connectivity index (χ1) is 9.06. The molecule has 1 heterocycles. The predicted octanol–water partition coefficient (Wildman–Crippen LogP) is 3.70. The number of benzene rings is 1. The number of halogens is 1. The molecule has 2 aromatic rings. The van der Waals surface area contributed by atoms with Gasteiger partial charge in [-0.1, -0.05) is 17.7 Å². The van der Waals surface area contributed by atoms with Gasteiger partial charge in [0.15, 0.2) is 0 Å². The van der Waals surface area contributed by atoms with Crippen molar-refractivity contribution in [2.75, 3.05) is 0 Å². The molecular weight excluding hydrogens is 286 g/mol. The van der Waals surface area contributed by atoms with E-state index in [-0.39, 0.29) is 0 Å². The number of rotatable bonds is 5. The summed E-state index contributed by atoms with van der Waals surface area (Å²) in [6, 6.07) is 7.22. The maximum atomic E-state index is 10.7. The van der Waals surface area contributed by atoms with E-state index in [0.29, 0.717) is 22.4 Å². The van der Waals surface area contributed by atoms with E-state index in [1.54, 1.807) is 19.1 Å². The second-order valence-corrected chi connectivity index (χ2v) is 5.71. The minimum atomic E-state index is -0.830. The third kappa shape index (κ3) is 3.75. The van der Waals surface area contributed by atoms with Gasteiger partial charge in [-0.15, -0.1) is 11.8 Å². The lowest BCUT2D eigenvalue weighted by molar-refractivity contribution is -0.136. The lowest BCUT2D eigenvalue weighted by Gasteiger charge is -2.02. The fraction of sp³-hybridized carbons (Fsp3) is 0.231. The summed E-state index contributed by atoms with van der Waals surface area (Å²) in [5, 5.41) is 8.94. The van der Waals surface area contributed by atoms with E-state index in [0.717, 1.165) is 5.56 Å². The maximum Gasteiger partial charge on any atom is 0.316 e. The van der Waals surface area contributed by atoms with Crippen LogP contribution in [0.3, 0.4) is 0 Å². The lowest BCUT2D eigenvalue weighted by atomic mass is 10.2. The van der Waals surface area contributed by atoms with Crippen LogP contribution >= 0.6 is 23.4 Å². The fourth-order valence-electron chi connectivity index (χ4n) is 1.41.